The lowest BCUT2D eigenvalue weighted by atomic mass is 9.99. The molecule has 0 spiro atoms. The smallest absolute Gasteiger partial charge is 0.0220 e. The summed E-state index contributed by atoms with van der Waals surface area (Å²) in [7, 11) is 0. The predicted molar refractivity (Wildman–Crippen MR) is 82.0 cm³/mol. The highest BCUT2D eigenvalue weighted by Gasteiger charge is 2.34. The Balaban J connectivity index is 1.83. The Morgan fingerprint density at radius 1 is 1.05 bits per heavy atom. The number of piperidine rings is 1. The van der Waals surface area contributed by atoms with E-state index in [1.807, 2.05) is 0 Å². The molecule has 0 aromatic rings. The molecule has 2 rings (SSSR count). The first-order chi connectivity index (χ1) is 8.87. The summed E-state index contributed by atoms with van der Waals surface area (Å²) in [6.07, 6.45) is 5.48. The molecule has 112 valence electrons. The van der Waals surface area contributed by atoms with Gasteiger partial charge in [0.05, 0.1) is 0 Å². The highest BCUT2D eigenvalue weighted by Crippen LogP contribution is 2.28. The second kappa shape index (κ2) is 6.11. The van der Waals surface area contributed by atoms with Gasteiger partial charge in [-0.1, -0.05) is 6.42 Å². The summed E-state index contributed by atoms with van der Waals surface area (Å²) in [5.41, 5.74) is 0.249. The van der Waals surface area contributed by atoms with Crippen molar-refractivity contribution in [1.82, 2.24) is 15.3 Å². The number of nitrogens with zero attached hydrogens (tertiary/aromatic N) is 2. The molecule has 0 amide bonds. The molecule has 0 saturated carbocycles. The molecule has 3 unspecified atom stereocenters. The SMILES string of the molecule is CC1CCCC(C)N1N1CCC(CNC(C)(C)C)C1. The van der Waals surface area contributed by atoms with Crippen LogP contribution in [0.25, 0.3) is 0 Å². The van der Waals surface area contributed by atoms with Gasteiger partial charge in [0.1, 0.15) is 0 Å². The maximum Gasteiger partial charge on any atom is 0.0220 e. The minimum atomic E-state index is 0.249. The fraction of sp³-hybridized carbons (Fsp3) is 1.00. The molecule has 19 heavy (non-hydrogen) atoms. The average molecular weight is 267 g/mol. The molecule has 0 aromatic heterocycles. The fourth-order valence-electron chi connectivity index (χ4n) is 3.60. The van der Waals surface area contributed by atoms with E-state index in [4.69, 9.17) is 0 Å². The van der Waals surface area contributed by atoms with Crippen molar-refractivity contribution in [2.24, 2.45) is 5.92 Å². The zero-order chi connectivity index (χ0) is 14.0. The first-order valence-electron chi connectivity index (χ1n) is 8.15. The van der Waals surface area contributed by atoms with Crippen molar-refractivity contribution in [2.45, 2.75) is 77.9 Å². The summed E-state index contributed by atoms with van der Waals surface area (Å²) in [5, 5.41) is 8.99. The Kier molecular flexibility index (Phi) is 4.91. The van der Waals surface area contributed by atoms with Crippen molar-refractivity contribution in [3.05, 3.63) is 0 Å². The van der Waals surface area contributed by atoms with E-state index < -0.39 is 0 Å². The van der Waals surface area contributed by atoms with Gasteiger partial charge in [-0.05, 0) is 66.3 Å². The molecule has 3 atom stereocenters. The largest absolute Gasteiger partial charge is 0.312 e. The van der Waals surface area contributed by atoms with E-state index in [1.54, 1.807) is 0 Å². The Morgan fingerprint density at radius 3 is 2.26 bits per heavy atom. The first-order valence-corrected chi connectivity index (χ1v) is 8.15. The third-order valence-electron chi connectivity index (χ3n) is 4.66. The molecule has 2 saturated heterocycles. The Bertz CT molecular complexity index is 274. The van der Waals surface area contributed by atoms with E-state index in [-0.39, 0.29) is 5.54 Å². The number of hydrazine groups is 1. The van der Waals surface area contributed by atoms with E-state index >= 15 is 0 Å². The lowest BCUT2D eigenvalue weighted by Gasteiger charge is -2.44. The monoisotopic (exact) mass is 267 g/mol. The molecule has 2 fully saturated rings. The van der Waals surface area contributed by atoms with Gasteiger partial charge in [-0.2, -0.15) is 0 Å². The summed E-state index contributed by atoms with van der Waals surface area (Å²) in [6.45, 7) is 15.2. The highest BCUT2D eigenvalue weighted by molar-refractivity contribution is 4.84. The van der Waals surface area contributed by atoms with Gasteiger partial charge in [-0.3, -0.25) is 0 Å². The molecule has 3 nitrogen and oxygen atoms in total. The number of hydrogen-bond donors (Lipinski definition) is 1. The summed E-state index contributed by atoms with van der Waals surface area (Å²) in [4.78, 5) is 0. The van der Waals surface area contributed by atoms with Gasteiger partial charge in [-0.25, -0.2) is 10.0 Å². The zero-order valence-corrected chi connectivity index (χ0v) is 13.6. The lowest BCUT2D eigenvalue weighted by Crippen LogP contribution is -2.53. The van der Waals surface area contributed by atoms with Crippen LogP contribution in [0, 0.1) is 5.92 Å². The third kappa shape index (κ3) is 4.17. The fourth-order valence-corrected chi connectivity index (χ4v) is 3.60. The van der Waals surface area contributed by atoms with Crippen molar-refractivity contribution in [2.75, 3.05) is 19.6 Å². The van der Waals surface area contributed by atoms with Gasteiger partial charge in [-0.15, -0.1) is 0 Å². The van der Waals surface area contributed by atoms with Gasteiger partial charge < -0.3 is 5.32 Å². The van der Waals surface area contributed by atoms with Gasteiger partial charge in [0, 0.05) is 30.7 Å². The number of hydrogen-bond acceptors (Lipinski definition) is 3. The van der Waals surface area contributed by atoms with Crippen LogP contribution in [-0.4, -0.2) is 47.3 Å². The van der Waals surface area contributed by atoms with Gasteiger partial charge in [0.25, 0.3) is 0 Å². The molecule has 0 radical (unpaired) electrons. The van der Waals surface area contributed by atoms with Crippen LogP contribution < -0.4 is 5.32 Å². The van der Waals surface area contributed by atoms with E-state index in [0.717, 1.165) is 24.5 Å². The standard InChI is InChI=1S/C16H33N3/c1-13-7-6-8-14(2)19(13)18-10-9-15(12-18)11-17-16(3,4)5/h13-15,17H,6-12H2,1-5H3. The molecule has 3 heteroatoms. The van der Waals surface area contributed by atoms with E-state index in [0.29, 0.717) is 0 Å². The van der Waals surface area contributed by atoms with Crippen LogP contribution in [0.5, 0.6) is 0 Å². The maximum atomic E-state index is 3.66. The van der Waals surface area contributed by atoms with Crippen LogP contribution in [0.1, 0.15) is 60.3 Å². The van der Waals surface area contributed by atoms with Crippen molar-refractivity contribution < 1.29 is 0 Å². The van der Waals surface area contributed by atoms with Crippen LogP contribution in [0.3, 0.4) is 0 Å². The van der Waals surface area contributed by atoms with Gasteiger partial charge in [0.2, 0.25) is 0 Å². The minimum absolute atomic E-state index is 0.249. The van der Waals surface area contributed by atoms with Gasteiger partial charge in [0.15, 0.2) is 0 Å². The zero-order valence-electron chi connectivity index (χ0n) is 13.6. The van der Waals surface area contributed by atoms with Crippen LogP contribution in [-0.2, 0) is 0 Å². The third-order valence-corrected chi connectivity index (χ3v) is 4.66. The van der Waals surface area contributed by atoms with Gasteiger partial charge >= 0.3 is 0 Å². The molecular formula is C16H33N3. The van der Waals surface area contributed by atoms with Crippen LogP contribution >= 0.6 is 0 Å². The minimum Gasteiger partial charge on any atom is -0.312 e. The van der Waals surface area contributed by atoms with Crippen LogP contribution in [0.2, 0.25) is 0 Å². The molecule has 2 heterocycles. The van der Waals surface area contributed by atoms with Crippen molar-refractivity contribution >= 4 is 0 Å². The average Bonchev–Trinajstić information content (AvgIpc) is 2.74. The topological polar surface area (TPSA) is 18.5 Å². The maximum absolute atomic E-state index is 3.66. The van der Waals surface area contributed by atoms with E-state index in [2.05, 4.69) is 50.0 Å². The number of nitrogens with one attached hydrogen (secondary N) is 1. The molecule has 0 aliphatic carbocycles. The summed E-state index contributed by atoms with van der Waals surface area (Å²) >= 11 is 0. The summed E-state index contributed by atoms with van der Waals surface area (Å²) < 4.78 is 0. The molecule has 0 aromatic carbocycles. The Hall–Kier alpha value is -0.120. The van der Waals surface area contributed by atoms with Crippen molar-refractivity contribution in [1.29, 1.82) is 0 Å². The Labute approximate surface area is 119 Å². The molecule has 1 N–H and O–H groups in total. The quantitative estimate of drug-likeness (QED) is 0.848. The predicted octanol–water partition coefficient (Wildman–Crippen LogP) is 2.87. The molecule has 2 aliphatic heterocycles. The summed E-state index contributed by atoms with van der Waals surface area (Å²) in [5.74, 6) is 0.820. The van der Waals surface area contributed by atoms with Crippen LogP contribution in [0.15, 0.2) is 0 Å². The second-order valence-electron chi connectivity index (χ2n) is 7.71. The normalized spacial score (nSPS) is 34.9. The second-order valence-corrected chi connectivity index (χ2v) is 7.71. The molecule has 2 aliphatic rings. The van der Waals surface area contributed by atoms with E-state index in [9.17, 15) is 0 Å². The Morgan fingerprint density at radius 2 is 1.68 bits per heavy atom. The van der Waals surface area contributed by atoms with Crippen molar-refractivity contribution in [3.8, 4) is 0 Å². The molecular weight excluding hydrogens is 234 g/mol. The lowest BCUT2D eigenvalue weighted by molar-refractivity contribution is -0.0914. The first kappa shape index (κ1) is 15.3. The number of rotatable bonds is 3. The van der Waals surface area contributed by atoms with Crippen molar-refractivity contribution in [3.63, 3.8) is 0 Å². The summed E-state index contributed by atoms with van der Waals surface area (Å²) in [6, 6.07) is 1.47. The van der Waals surface area contributed by atoms with Crippen LogP contribution in [0.4, 0.5) is 0 Å². The molecule has 0 bridgehead atoms. The van der Waals surface area contributed by atoms with E-state index in [1.165, 1.54) is 38.8 Å². The highest BCUT2D eigenvalue weighted by atomic mass is 15.7.